The molecule has 0 radical (unpaired) electrons. The maximum atomic E-state index is 13.1. The van der Waals surface area contributed by atoms with Crippen molar-refractivity contribution in [1.82, 2.24) is 19.8 Å². The lowest BCUT2D eigenvalue weighted by Gasteiger charge is -2.37. The zero-order valence-corrected chi connectivity index (χ0v) is 18.1. The Balaban J connectivity index is 1.23. The van der Waals surface area contributed by atoms with Crippen LogP contribution >= 0.6 is 0 Å². The molecule has 32 heavy (non-hydrogen) atoms. The molecular formula is C23H26N6O3. The van der Waals surface area contributed by atoms with E-state index in [1.807, 2.05) is 6.07 Å². The number of imide groups is 1. The first kappa shape index (κ1) is 20.4. The largest absolute Gasteiger partial charge is 0.353 e. The first-order valence-electron chi connectivity index (χ1n) is 11.1. The molecule has 3 amide bonds. The smallest absolute Gasteiger partial charge is 0.262 e. The lowest BCUT2D eigenvalue weighted by molar-refractivity contribution is -0.135. The van der Waals surface area contributed by atoms with Crippen LogP contribution in [0, 0.1) is 0 Å². The summed E-state index contributed by atoms with van der Waals surface area (Å²) in [6.45, 7) is 5.89. The third-order valence-electron chi connectivity index (χ3n) is 6.50. The van der Waals surface area contributed by atoms with Crippen molar-refractivity contribution in [3.05, 3.63) is 47.7 Å². The van der Waals surface area contributed by atoms with E-state index < -0.39 is 17.9 Å². The Morgan fingerprint density at radius 3 is 2.12 bits per heavy atom. The van der Waals surface area contributed by atoms with Crippen LogP contribution in [0.25, 0.3) is 0 Å². The predicted molar refractivity (Wildman–Crippen MR) is 119 cm³/mol. The molecule has 0 N–H and O–H groups in total. The molecule has 4 heterocycles. The highest BCUT2D eigenvalue weighted by atomic mass is 16.2. The Labute approximate surface area is 186 Å². The van der Waals surface area contributed by atoms with Gasteiger partial charge in [-0.15, -0.1) is 0 Å². The van der Waals surface area contributed by atoms with Crippen molar-refractivity contribution >= 4 is 29.5 Å². The van der Waals surface area contributed by atoms with Crippen LogP contribution in [0.3, 0.4) is 0 Å². The van der Waals surface area contributed by atoms with Crippen molar-refractivity contribution in [3.63, 3.8) is 0 Å². The second kappa shape index (κ2) is 8.22. The molecule has 166 valence electrons. The number of benzene rings is 1. The molecule has 0 saturated carbocycles. The number of carbonyl (C=O) groups excluding carboxylic acids is 3. The van der Waals surface area contributed by atoms with Gasteiger partial charge in [-0.3, -0.25) is 19.3 Å². The predicted octanol–water partition coefficient (Wildman–Crippen LogP) is 1.41. The third-order valence-corrected chi connectivity index (χ3v) is 6.50. The van der Waals surface area contributed by atoms with E-state index in [-0.39, 0.29) is 5.91 Å². The number of rotatable bonds is 4. The Morgan fingerprint density at radius 2 is 1.50 bits per heavy atom. The van der Waals surface area contributed by atoms with Crippen molar-refractivity contribution in [2.45, 2.75) is 25.8 Å². The van der Waals surface area contributed by atoms with E-state index in [1.165, 1.54) is 12.8 Å². The van der Waals surface area contributed by atoms with Gasteiger partial charge in [-0.25, -0.2) is 4.98 Å². The minimum absolute atomic E-state index is 0.209. The van der Waals surface area contributed by atoms with E-state index in [2.05, 4.69) is 14.8 Å². The van der Waals surface area contributed by atoms with E-state index in [0.29, 0.717) is 37.3 Å². The lowest BCUT2D eigenvalue weighted by atomic mass is 10.1. The molecular weight excluding hydrogens is 408 g/mol. The van der Waals surface area contributed by atoms with Gasteiger partial charge < -0.3 is 14.7 Å². The number of hydrogen-bond acceptors (Lipinski definition) is 7. The molecule has 2 aromatic rings. The van der Waals surface area contributed by atoms with Crippen LogP contribution in [0.2, 0.25) is 0 Å². The summed E-state index contributed by atoms with van der Waals surface area (Å²) in [7, 11) is 0. The van der Waals surface area contributed by atoms with Gasteiger partial charge in [0.05, 0.1) is 11.1 Å². The summed E-state index contributed by atoms with van der Waals surface area (Å²) in [4.78, 5) is 54.9. The number of anilines is 2. The van der Waals surface area contributed by atoms with Crippen molar-refractivity contribution < 1.29 is 14.4 Å². The molecule has 2 saturated heterocycles. The second-order valence-electron chi connectivity index (χ2n) is 8.42. The number of carbonyl (C=O) groups is 3. The second-order valence-corrected chi connectivity index (χ2v) is 8.42. The van der Waals surface area contributed by atoms with E-state index in [9.17, 15) is 14.4 Å². The molecule has 5 rings (SSSR count). The zero-order chi connectivity index (χ0) is 22.2. The minimum atomic E-state index is -0.838. The van der Waals surface area contributed by atoms with Crippen LogP contribution in [0.15, 0.2) is 36.5 Å². The fourth-order valence-corrected chi connectivity index (χ4v) is 4.68. The number of fused-ring (bicyclic) bond motifs is 1. The number of nitrogens with zero attached hydrogens (tertiary/aromatic N) is 6. The normalized spacial score (nSPS) is 19.5. The number of amides is 3. The molecule has 0 aliphatic carbocycles. The molecule has 0 bridgehead atoms. The fourth-order valence-electron chi connectivity index (χ4n) is 4.68. The summed E-state index contributed by atoms with van der Waals surface area (Å²) in [5.41, 5.74) is 0.721. The van der Waals surface area contributed by atoms with Crippen LogP contribution in [0.4, 0.5) is 11.8 Å². The quantitative estimate of drug-likeness (QED) is 0.672. The molecule has 2 fully saturated rings. The van der Waals surface area contributed by atoms with Gasteiger partial charge in [0, 0.05) is 45.5 Å². The number of hydrogen-bond donors (Lipinski definition) is 0. The van der Waals surface area contributed by atoms with Gasteiger partial charge in [0.15, 0.2) is 0 Å². The third kappa shape index (κ3) is 3.47. The Kier molecular flexibility index (Phi) is 5.24. The maximum Gasteiger partial charge on any atom is 0.262 e. The first-order chi connectivity index (χ1) is 15.5. The van der Waals surface area contributed by atoms with Gasteiger partial charge in [0.1, 0.15) is 11.9 Å². The van der Waals surface area contributed by atoms with E-state index in [1.54, 1.807) is 42.3 Å². The number of piperazine rings is 1. The fraction of sp³-hybridized carbons (Fsp3) is 0.435. The monoisotopic (exact) mass is 434 g/mol. The van der Waals surface area contributed by atoms with E-state index >= 15 is 0 Å². The molecule has 3 aliphatic heterocycles. The summed E-state index contributed by atoms with van der Waals surface area (Å²) >= 11 is 0. The summed E-state index contributed by atoms with van der Waals surface area (Å²) in [5.74, 6) is 0.612. The highest BCUT2D eigenvalue weighted by molar-refractivity contribution is 6.22. The summed E-state index contributed by atoms with van der Waals surface area (Å²) in [5, 5.41) is 0. The first-order valence-corrected chi connectivity index (χ1v) is 11.1. The summed E-state index contributed by atoms with van der Waals surface area (Å²) in [6.07, 6.45) is 4.12. The van der Waals surface area contributed by atoms with Gasteiger partial charge >= 0.3 is 0 Å². The highest BCUT2D eigenvalue weighted by Gasteiger charge is 2.42. The van der Waals surface area contributed by atoms with E-state index in [4.69, 9.17) is 4.98 Å². The molecule has 3 aliphatic rings. The molecule has 1 aromatic heterocycles. The SMILES string of the molecule is CC(C(=O)N1CCN(c2ccnc(N3CCCC3)n2)CC1)N1C(=O)c2ccccc2C1=O. The summed E-state index contributed by atoms with van der Waals surface area (Å²) in [6, 6.07) is 7.77. The maximum absolute atomic E-state index is 13.1. The van der Waals surface area contributed by atoms with Gasteiger partial charge in [-0.05, 0) is 38.0 Å². The van der Waals surface area contributed by atoms with Gasteiger partial charge in [-0.1, -0.05) is 12.1 Å². The van der Waals surface area contributed by atoms with Crippen molar-refractivity contribution in [3.8, 4) is 0 Å². The molecule has 1 atom stereocenters. The molecule has 9 heteroatoms. The number of aromatic nitrogens is 2. The van der Waals surface area contributed by atoms with Crippen molar-refractivity contribution in [2.24, 2.45) is 0 Å². The molecule has 1 unspecified atom stereocenters. The molecule has 9 nitrogen and oxygen atoms in total. The highest BCUT2D eigenvalue weighted by Crippen LogP contribution is 2.26. The van der Waals surface area contributed by atoms with Crippen LogP contribution in [-0.4, -0.2) is 82.8 Å². The topological polar surface area (TPSA) is 90.0 Å². The summed E-state index contributed by atoms with van der Waals surface area (Å²) < 4.78 is 0. The Morgan fingerprint density at radius 1 is 0.875 bits per heavy atom. The van der Waals surface area contributed by atoms with Gasteiger partial charge in [0.2, 0.25) is 11.9 Å². The zero-order valence-electron chi connectivity index (χ0n) is 18.1. The average Bonchev–Trinajstić information content (AvgIpc) is 3.46. The lowest BCUT2D eigenvalue weighted by Crippen LogP contribution is -2.55. The van der Waals surface area contributed by atoms with Crippen LogP contribution in [-0.2, 0) is 4.79 Å². The van der Waals surface area contributed by atoms with Crippen molar-refractivity contribution in [1.29, 1.82) is 0 Å². The van der Waals surface area contributed by atoms with Crippen LogP contribution < -0.4 is 9.80 Å². The molecule has 0 spiro atoms. The average molecular weight is 435 g/mol. The van der Waals surface area contributed by atoms with Crippen LogP contribution in [0.5, 0.6) is 0 Å². The van der Waals surface area contributed by atoms with Gasteiger partial charge in [0.25, 0.3) is 11.8 Å². The Bertz CT molecular complexity index is 1020. The standard InChI is InChI=1S/C23H26N6O3/c1-16(29-21(31)17-6-2-3-7-18(17)22(29)32)20(30)27-14-12-26(13-15-27)19-8-9-24-23(25-19)28-10-4-5-11-28/h2-3,6-9,16H,4-5,10-15H2,1H3. The van der Waals surface area contributed by atoms with Gasteiger partial charge in [-0.2, -0.15) is 4.98 Å². The molecule has 1 aromatic carbocycles. The van der Waals surface area contributed by atoms with E-state index in [0.717, 1.165) is 29.8 Å². The van der Waals surface area contributed by atoms with Crippen molar-refractivity contribution in [2.75, 3.05) is 49.1 Å². The minimum Gasteiger partial charge on any atom is -0.353 e. The van der Waals surface area contributed by atoms with Crippen LogP contribution in [0.1, 0.15) is 40.5 Å². The Hall–Kier alpha value is -3.49.